The number of alkyl halides is 3. The Morgan fingerprint density at radius 1 is 1.12 bits per heavy atom. The van der Waals surface area contributed by atoms with Gasteiger partial charge in [0.05, 0.1) is 11.7 Å². The molecule has 86 valence electrons. The molecule has 0 saturated heterocycles. The number of rotatable bonds is 0. The smallest absolute Gasteiger partial charge is 0.392 e. The molecule has 1 fully saturated rings. The second-order valence-corrected chi connectivity index (χ2v) is 4.68. The fraction of sp³-hybridized carbons (Fsp3) is 0.500. The maximum absolute atomic E-state index is 12.5. The molecule has 2 bridgehead atoms. The fourth-order valence-electron chi connectivity index (χ4n) is 3.05. The number of aliphatic hydroxyl groups excluding tert-OH is 1. The molecular formula is C12H11F3O. The van der Waals surface area contributed by atoms with Crippen LogP contribution in [0.25, 0.3) is 0 Å². The minimum absolute atomic E-state index is 0.0577. The van der Waals surface area contributed by atoms with Crippen molar-refractivity contribution in [2.75, 3.05) is 0 Å². The molecule has 0 aliphatic heterocycles. The highest BCUT2D eigenvalue weighted by molar-refractivity contribution is 5.45. The Hall–Kier alpha value is -1.03. The SMILES string of the molecule is O[C@@H]1C[C@H]2C[C@H]1c1ccc(C(F)(F)F)cc12. The average Bonchev–Trinajstić information content (AvgIpc) is 2.73. The molecule has 1 aromatic carbocycles. The molecule has 1 saturated carbocycles. The van der Waals surface area contributed by atoms with E-state index in [4.69, 9.17) is 0 Å². The molecule has 0 aromatic heterocycles. The summed E-state index contributed by atoms with van der Waals surface area (Å²) in [5.41, 5.74) is 1.13. The molecule has 1 N–H and O–H groups in total. The molecule has 2 aliphatic rings. The van der Waals surface area contributed by atoms with Crippen LogP contribution >= 0.6 is 0 Å². The van der Waals surface area contributed by atoms with Crippen LogP contribution in [0.4, 0.5) is 13.2 Å². The molecule has 0 radical (unpaired) electrons. The minimum atomic E-state index is -4.27. The number of fused-ring (bicyclic) bond motifs is 5. The van der Waals surface area contributed by atoms with E-state index in [-0.39, 0.29) is 17.9 Å². The van der Waals surface area contributed by atoms with Gasteiger partial charge < -0.3 is 5.11 Å². The Bertz CT molecular complexity index is 438. The monoisotopic (exact) mass is 228 g/mol. The molecule has 0 spiro atoms. The first-order valence-corrected chi connectivity index (χ1v) is 5.36. The summed E-state index contributed by atoms with van der Waals surface area (Å²) in [6, 6.07) is 3.91. The molecule has 2 aliphatic carbocycles. The number of hydrogen-bond acceptors (Lipinski definition) is 1. The van der Waals surface area contributed by atoms with Crippen molar-refractivity contribution in [3.63, 3.8) is 0 Å². The molecule has 1 aromatic rings. The number of hydrogen-bond donors (Lipinski definition) is 1. The van der Waals surface area contributed by atoms with Crippen molar-refractivity contribution in [3.8, 4) is 0 Å². The Balaban J connectivity index is 2.06. The van der Waals surface area contributed by atoms with Gasteiger partial charge in [0.25, 0.3) is 0 Å². The lowest BCUT2D eigenvalue weighted by Gasteiger charge is -2.21. The van der Waals surface area contributed by atoms with Gasteiger partial charge in [0.15, 0.2) is 0 Å². The largest absolute Gasteiger partial charge is 0.416 e. The summed E-state index contributed by atoms with van der Waals surface area (Å²) in [6.07, 6.45) is -3.22. The summed E-state index contributed by atoms with van der Waals surface area (Å²) in [4.78, 5) is 0. The van der Waals surface area contributed by atoms with Crippen molar-refractivity contribution in [2.45, 2.75) is 37.0 Å². The summed E-state index contributed by atoms with van der Waals surface area (Å²) in [5, 5.41) is 9.67. The van der Waals surface area contributed by atoms with Crippen LogP contribution in [0, 0.1) is 0 Å². The van der Waals surface area contributed by atoms with Crippen LogP contribution in [-0.4, -0.2) is 11.2 Å². The molecule has 1 nitrogen and oxygen atoms in total. The lowest BCUT2D eigenvalue weighted by Crippen LogP contribution is -2.16. The summed E-state index contributed by atoms with van der Waals surface area (Å²) < 4.78 is 37.6. The minimum Gasteiger partial charge on any atom is -0.392 e. The number of benzene rings is 1. The molecule has 0 heterocycles. The van der Waals surface area contributed by atoms with Crippen LogP contribution in [0.5, 0.6) is 0 Å². The van der Waals surface area contributed by atoms with Crippen LogP contribution in [0.1, 0.15) is 41.4 Å². The van der Waals surface area contributed by atoms with E-state index in [0.29, 0.717) is 6.42 Å². The number of aliphatic hydroxyl groups is 1. The van der Waals surface area contributed by atoms with E-state index in [1.807, 2.05) is 0 Å². The second kappa shape index (κ2) is 3.00. The summed E-state index contributed by atoms with van der Waals surface area (Å²) >= 11 is 0. The van der Waals surface area contributed by atoms with Gasteiger partial charge >= 0.3 is 6.18 Å². The summed E-state index contributed by atoms with van der Waals surface area (Å²) in [6.45, 7) is 0. The van der Waals surface area contributed by atoms with Crippen molar-refractivity contribution in [1.29, 1.82) is 0 Å². The third-order valence-corrected chi connectivity index (χ3v) is 3.78. The van der Waals surface area contributed by atoms with Crippen molar-refractivity contribution >= 4 is 0 Å². The van der Waals surface area contributed by atoms with Crippen molar-refractivity contribution in [1.82, 2.24) is 0 Å². The average molecular weight is 228 g/mol. The zero-order valence-corrected chi connectivity index (χ0v) is 8.46. The first kappa shape index (κ1) is 10.1. The zero-order chi connectivity index (χ0) is 11.5. The van der Waals surface area contributed by atoms with Gasteiger partial charge in [0.2, 0.25) is 0 Å². The maximum Gasteiger partial charge on any atom is 0.416 e. The molecule has 3 atom stereocenters. The van der Waals surface area contributed by atoms with Crippen LogP contribution in [0.2, 0.25) is 0 Å². The number of halogens is 3. The van der Waals surface area contributed by atoms with E-state index in [1.54, 1.807) is 0 Å². The molecule has 0 unspecified atom stereocenters. The highest BCUT2D eigenvalue weighted by atomic mass is 19.4. The van der Waals surface area contributed by atoms with E-state index in [9.17, 15) is 18.3 Å². The van der Waals surface area contributed by atoms with Crippen LogP contribution in [0.15, 0.2) is 18.2 Å². The Morgan fingerprint density at radius 3 is 2.56 bits per heavy atom. The van der Waals surface area contributed by atoms with E-state index in [1.165, 1.54) is 12.1 Å². The van der Waals surface area contributed by atoms with Gasteiger partial charge in [0, 0.05) is 5.92 Å². The van der Waals surface area contributed by atoms with Crippen molar-refractivity contribution < 1.29 is 18.3 Å². The third kappa shape index (κ3) is 1.29. The molecule has 4 heteroatoms. The lowest BCUT2D eigenvalue weighted by molar-refractivity contribution is -0.137. The maximum atomic E-state index is 12.5. The van der Waals surface area contributed by atoms with Crippen molar-refractivity contribution in [3.05, 3.63) is 34.9 Å². The molecule has 16 heavy (non-hydrogen) atoms. The third-order valence-electron chi connectivity index (χ3n) is 3.78. The van der Waals surface area contributed by atoms with Gasteiger partial charge in [-0.3, -0.25) is 0 Å². The highest BCUT2D eigenvalue weighted by Gasteiger charge is 2.44. The molecule has 3 rings (SSSR count). The standard InChI is InChI=1S/C12H11F3O/c13-12(14,15)7-1-2-8-9(5-7)6-3-10(8)11(16)4-6/h1-2,5-6,10-11,16H,3-4H2/t6-,10+,11-/m1/s1. The Kier molecular flexibility index (Phi) is 1.90. The summed E-state index contributed by atoms with van der Waals surface area (Å²) in [7, 11) is 0. The van der Waals surface area contributed by atoms with Gasteiger partial charge in [-0.1, -0.05) is 6.07 Å². The van der Waals surface area contributed by atoms with E-state index < -0.39 is 11.7 Å². The highest BCUT2D eigenvalue weighted by Crippen LogP contribution is 2.53. The Labute approximate surface area is 90.9 Å². The second-order valence-electron chi connectivity index (χ2n) is 4.68. The first-order valence-electron chi connectivity index (χ1n) is 5.36. The molecule has 0 amide bonds. The Morgan fingerprint density at radius 2 is 1.88 bits per heavy atom. The van der Waals surface area contributed by atoms with E-state index in [2.05, 4.69) is 0 Å². The normalized spacial score (nSPS) is 31.9. The first-order chi connectivity index (χ1) is 7.47. The predicted octanol–water partition coefficient (Wildman–Crippen LogP) is 3.04. The van der Waals surface area contributed by atoms with E-state index >= 15 is 0 Å². The molecular weight excluding hydrogens is 217 g/mol. The van der Waals surface area contributed by atoms with Crippen LogP contribution in [-0.2, 0) is 6.18 Å². The van der Waals surface area contributed by atoms with Gasteiger partial charge in [-0.05, 0) is 42.0 Å². The zero-order valence-electron chi connectivity index (χ0n) is 8.46. The van der Waals surface area contributed by atoms with Crippen LogP contribution < -0.4 is 0 Å². The van der Waals surface area contributed by atoms with Gasteiger partial charge in [-0.25, -0.2) is 0 Å². The topological polar surface area (TPSA) is 20.2 Å². The lowest BCUT2D eigenvalue weighted by atomic mass is 9.88. The summed E-state index contributed by atoms with van der Waals surface area (Å²) in [5.74, 6) is 0.180. The van der Waals surface area contributed by atoms with Crippen LogP contribution in [0.3, 0.4) is 0 Å². The van der Waals surface area contributed by atoms with Gasteiger partial charge in [0.1, 0.15) is 0 Å². The quantitative estimate of drug-likeness (QED) is 0.723. The van der Waals surface area contributed by atoms with Gasteiger partial charge in [-0.2, -0.15) is 13.2 Å². The van der Waals surface area contributed by atoms with Crippen molar-refractivity contribution in [2.24, 2.45) is 0 Å². The fourth-order valence-corrected chi connectivity index (χ4v) is 3.05. The van der Waals surface area contributed by atoms with E-state index in [0.717, 1.165) is 23.6 Å². The predicted molar refractivity (Wildman–Crippen MR) is 52.2 cm³/mol. The van der Waals surface area contributed by atoms with Gasteiger partial charge in [-0.15, -0.1) is 0 Å².